The molecule has 0 aromatic heterocycles. The summed E-state index contributed by atoms with van der Waals surface area (Å²) in [5.41, 5.74) is 1.38. The predicted molar refractivity (Wildman–Crippen MR) is 119 cm³/mol. The van der Waals surface area contributed by atoms with E-state index in [4.69, 9.17) is 25.8 Å². The summed E-state index contributed by atoms with van der Waals surface area (Å²) in [6.07, 6.45) is 2.72. The first-order valence-electron chi connectivity index (χ1n) is 10.2. The second-order valence-electron chi connectivity index (χ2n) is 7.21. The number of methoxy groups -OCH3 is 2. The summed E-state index contributed by atoms with van der Waals surface area (Å²) < 4.78 is 16.3. The molecule has 2 aromatic rings. The van der Waals surface area contributed by atoms with E-state index >= 15 is 0 Å². The summed E-state index contributed by atoms with van der Waals surface area (Å²) >= 11 is 6.07. The van der Waals surface area contributed by atoms with Crippen LogP contribution in [0.5, 0.6) is 11.5 Å². The lowest BCUT2D eigenvalue weighted by atomic mass is 10.0. The van der Waals surface area contributed by atoms with Gasteiger partial charge in [0, 0.05) is 49.0 Å². The molecule has 0 aliphatic carbocycles. The molecular formula is C23H29ClN2O4. The van der Waals surface area contributed by atoms with Gasteiger partial charge in [-0.2, -0.15) is 0 Å². The molecular weight excluding hydrogens is 404 g/mol. The van der Waals surface area contributed by atoms with Crippen LogP contribution in [0.15, 0.2) is 42.5 Å². The zero-order valence-corrected chi connectivity index (χ0v) is 18.3. The molecule has 162 valence electrons. The predicted octanol–water partition coefficient (Wildman–Crippen LogP) is 4.16. The van der Waals surface area contributed by atoms with Crippen molar-refractivity contribution >= 4 is 23.2 Å². The van der Waals surface area contributed by atoms with Crippen LogP contribution in [0.1, 0.15) is 29.6 Å². The van der Waals surface area contributed by atoms with Crippen molar-refractivity contribution < 1.29 is 19.0 Å². The molecule has 0 radical (unpaired) electrons. The van der Waals surface area contributed by atoms with Gasteiger partial charge in [-0.1, -0.05) is 11.6 Å². The lowest BCUT2D eigenvalue weighted by molar-refractivity contribution is 0.0971. The van der Waals surface area contributed by atoms with Gasteiger partial charge in [-0.05, 0) is 61.9 Å². The number of amides is 1. The third-order valence-corrected chi connectivity index (χ3v) is 5.37. The van der Waals surface area contributed by atoms with Crippen molar-refractivity contribution in [1.29, 1.82) is 0 Å². The van der Waals surface area contributed by atoms with Crippen LogP contribution in [0.4, 0.5) is 5.69 Å². The number of carbonyl (C=O) groups excluding carboxylic acids is 1. The lowest BCUT2D eigenvalue weighted by Gasteiger charge is -2.35. The molecule has 1 aliphatic heterocycles. The maximum Gasteiger partial charge on any atom is 0.258 e. The van der Waals surface area contributed by atoms with Crippen molar-refractivity contribution in [2.75, 3.05) is 45.4 Å². The number of halogens is 1. The number of hydrogen-bond donors (Lipinski definition) is 1. The Hall–Kier alpha value is -2.28. The molecule has 6 nitrogen and oxygen atoms in total. The van der Waals surface area contributed by atoms with Gasteiger partial charge in [0.15, 0.2) is 11.5 Å². The average molecular weight is 433 g/mol. The van der Waals surface area contributed by atoms with E-state index in [0.29, 0.717) is 35.3 Å². The molecule has 0 spiro atoms. The Morgan fingerprint density at radius 1 is 1.13 bits per heavy atom. The van der Waals surface area contributed by atoms with Gasteiger partial charge in [0.05, 0.1) is 13.7 Å². The standard InChI is InChI=1S/C23H29ClN2O4/c1-28-13-4-14-30-22-15-17(6-11-21(22)29-2)23(27)26(20-5-3-12-25-16-20)19-9-7-18(24)8-10-19/h6-11,15,20,25H,3-5,12-14,16H2,1-2H3. The summed E-state index contributed by atoms with van der Waals surface area (Å²) in [5.74, 6) is 1.08. The van der Waals surface area contributed by atoms with E-state index in [-0.39, 0.29) is 11.9 Å². The highest BCUT2D eigenvalue weighted by atomic mass is 35.5. The fraction of sp³-hybridized carbons (Fsp3) is 0.435. The molecule has 1 unspecified atom stereocenters. The van der Waals surface area contributed by atoms with Gasteiger partial charge in [0.2, 0.25) is 0 Å². The van der Waals surface area contributed by atoms with E-state index in [9.17, 15) is 4.79 Å². The Morgan fingerprint density at radius 2 is 1.93 bits per heavy atom. The molecule has 1 saturated heterocycles. The van der Waals surface area contributed by atoms with Crippen LogP contribution < -0.4 is 19.7 Å². The molecule has 0 saturated carbocycles. The summed E-state index contributed by atoms with van der Waals surface area (Å²) in [6, 6.07) is 12.8. The van der Waals surface area contributed by atoms with E-state index in [1.807, 2.05) is 29.2 Å². The van der Waals surface area contributed by atoms with E-state index in [1.165, 1.54) is 0 Å². The molecule has 7 heteroatoms. The van der Waals surface area contributed by atoms with Crippen LogP contribution in [0.2, 0.25) is 5.02 Å². The molecule has 30 heavy (non-hydrogen) atoms. The average Bonchev–Trinajstić information content (AvgIpc) is 2.78. The summed E-state index contributed by atoms with van der Waals surface area (Å²) in [5, 5.41) is 4.04. The SMILES string of the molecule is COCCCOc1cc(C(=O)N(c2ccc(Cl)cc2)C2CCCNC2)ccc1OC. The highest BCUT2D eigenvalue weighted by Crippen LogP contribution is 2.31. The largest absolute Gasteiger partial charge is 0.493 e. The van der Waals surface area contributed by atoms with Gasteiger partial charge in [-0.25, -0.2) is 0 Å². The minimum Gasteiger partial charge on any atom is -0.493 e. The number of nitrogens with zero attached hydrogens (tertiary/aromatic N) is 1. The van der Waals surface area contributed by atoms with Crippen LogP contribution in [0.3, 0.4) is 0 Å². The molecule has 1 N–H and O–H groups in total. The second-order valence-corrected chi connectivity index (χ2v) is 7.65. The van der Waals surface area contributed by atoms with Crippen molar-refractivity contribution in [3.63, 3.8) is 0 Å². The number of ether oxygens (including phenoxy) is 3. The third kappa shape index (κ3) is 5.65. The van der Waals surface area contributed by atoms with Gasteiger partial charge < -0.3 is 24.4 Å². The Bertz CT molecular complexity index is 822. The normalized spacial score (nSPS) is 16.2. The molecule has 2 aromatic carbocycles. The zero-order valence-electron chi connectivity index (χ0n) is 17.5. The minimum absolute atomic E-state index is 0.0700. The lowest BCUT2D eigenvalue weighted by Crippen LogP contribution is -2.49. The van der Waals surface area contributed by atoms with E-state index < -0.39 is 0 Å². The van der Waals surface area contributed by atoms with E-state index in [0.717, 1.165) is 38.0 Å². The van der Waals surface area contributed by atoms with Crippen molar-refractivity contribution in [3.05, 3.63) is 53.1 Å². The van der Waals surface area contributed by atoms with E-state index in [2.05, 4.69) is 5.32 Å². The van der Waals surface area contributed by atoms with Crippen molar-refractivity contribution in [2.45, 2.75) is 25.3 Å². The Kier molecular flexibility index (Phi) is 8.37. The van der Waals surface area contributed by atoms with Crippen LogP contribution >= 0.6 is 11.6 Å². The number of hydrogen-bond acceptors (Lipinski definition) is 5. The fourth-order valence-corrected chi connectivity index (χ4v) is 3.72. The smallest absolute Gasteiger partial charge is 0.258 e. The topological polar surface area (TPSA) is 60.0 Å². The van der Waals surface area contributed by atoms with Gasteiger partial charge >= 0.3 is 0 Å². The molecule has 1 aliphatic rings. The minimum atomic E-state index is -0.0737. The summed E-state index contributed by atoms with van der Waals surface area (Å²) in [4.78, 5) is 15.5. The first kappa shape index (κ1) is 22.4. The quantitative estimate of drug-likeness (QED) is 0.603. The monoisotopic (exact) mass is 432 g/mol. The number of benzene rings is 2. The number of nitrogens with one attached hydrogen (secondary N) is 1. The van der Waals surface area contributed by atoms with Crippen LogP contribution in [-0.4, -0.2) is 52.5 Å². The van der Waals surface area contributed by atoms with Gasteiger partial charge in [0.25, 0.3) is 5.91 Å². The highest BCUT2D eigenvalue weighted by molar-refractivity contribution is 6.30. The molecule has 0 bridgehead atoms. The maximum absolute atomic E-state index is 13.6. The molecule has 3 rings (SSSR count). The van der Waals surface area contributed by atoms with Crippen LogP contribution in [0.25, 0.3) is 0 Å². The summed E-state index contributed by atoms with van der Waals surface area (Å²) in [7, 11) is 3.25. The zero-order chi connectivity index (χ0) is 21.3. The van der Waals surface area contributed by atoms with Crippen molar-refractivity contribution in [1.82, 2.24) is 5.32 Å². The number of rotatable bonds is 9. The number of carbonyl (C=O) groups is 1. The van der Waals surface area contributed by atoms with Crippen LogP contribution in [0, 0.1) is 0 Å². The fourth-order valence-electron chi connectivity index (χ4n) is 3.60. The Balaban J connectivity index is 1.88. The Morgan fingerprint density at radius 3 is 2.60 bits per heavy atom. The third-order valence-electron chi connectivity index (χ3n) is 5.12. The molecule has 1 amide bonds. The van der Waals surface area contributed by atoms with E-state index in [1.54, 1.807) is 32.4 Å². The van der Waals surface area contributed by atoms with Crippen molar-refractivity contribution in [2.24, 2.45) is 0 Å². The molecule has 1 fully saturated rings. The van der Waals surface area contributed by atoms with Crippen LogP contribution in [-0.2, 0) is 4.74 Å². The highest BCUT2D eigenvalue weighted by Gasteiger charge is 2.28. The number of anilines is 1. The first-order chi connectivity index (χ1) is 14.6. The van der Waals surface area contributed by atoms with Gasteiger partial charge in [0.1, 0.15) is 0 Å². The molecule has 1 heterocycles. The second kappa shape index (κ2) is 11.2. The maximum atomic E-state index is 13.6. The van der Waals surface area contributed by atoms with Crippen molar-refractivity contribution in [3.8, 4) is 11.5 Å². The molecule has 1 atom stereocenters. The first-order valence-corrected chi connectivity index (χ1v) is 10.6. The Labute approximate surface area is 183 Å². The van der Waals surface area contributed by atoms with Gasteiger partial charge in [-0.15, -0.1) is 0 Å². The summed E-state index contributed by atoms with van der Waals surface area (Å²) in [6.45, 7) is 2.82. The van der Waals surface area contributed by atoms with Gasteiger partial charge in [-0.3, -0.25) is 4.79 Å². The number of piperidine rings is 1.